The lowest BCUT2D eigenvalue weighted by Crippen LogP contribution is -2.48. The fourth-order valence-electron chi connectivity index (χ4n) is 4.08. The summed E-state index contributed by atoms with van der Waals surface area (Å²) in [6.45, 7) is 13.3. The molecular weight excluding hydrogens is 232 g/mol. The van der Waals surface area contributed by atoms with E-state index in [-0.39, 0.29) is 0 Å². The largest absolute Gasteiger partial charge is 0.316 e. The number of likely N-dealkylation sites (tertiary alicyclic amines) is 1. The van der Waals surface area contributed by atoms with Gasteiger partial charge in [-0.25, -0.2) is 0 Å². The van der Waals surface area contributed by atoms with Crippen LogP contribution in [0.3, 0.4) is 0 Å². The number of hydrogen-bond donors (Lipinski definition) is 1. The van der Waals surface area contributed by atoms with Gasteiger partial charge in [0.15, 0.2) is 0 Å². The molecule has 1 heterocycles. The summed E-state index contributed by atoms with van der Waals surface area (Å²) in [5, 5.41) is 3.56. The minimum Gasteiger partial charge on any atom is -0.316 e. The molecule has 1 aliphatic carbocycles. The third kappa shape index (κ3) is 4.19. The van der Waals surface area contributed by atoms with Crippen LogP contribution in [0.15, 0.2) is 0 Å². The highest BCUT2D eigenvalue weighted by atomic mass is 15.1. The van der Waals surface area contributed by atoms with Crippen LogP contribution in [0, 0.1) is 17.3 Å². The van der Waals surface area contributed by atoms with Gasteiger partial charge in [0.05, 0.1) is 0 Å². The first kappa shape index (κ1) is 15.3. The third-order valence-corrected chi connectivity index (χ3v) is 5.64. The summed E-state index contributed by atoms with van der Waals surface area (Å²) in [5.41, 5.74) is 0.456. The molecule has 0 aromatic rings. The van der Waals surface area contributed by atoms with Gasteiger partial charge in [0, 0.05) is 19.6 Å². The summed E-state index contributed by atoms with van der Waals surface area (Å²) in [7, 11) is 0. The molecule has 1 saturated heterocycles. The smallest absolute Gasteiger partial charge is 0.00475 e. The first-order valence-electron chi connectivity index (χ1n) is 8.60. The molecule has 112 valence electrons. The van der Waals surface area contributed by atoms with Crippen LogP contribution in [0.1, 0.15) is 59.3 Å². The van der Waals surface area contributed by atoms with Crippen molar-refractivity contribution in [2.45, 2.75) is 59.3 Å². The summed E-state index contributed by atoms with van der Waals surface area (Å²) < 4.78 is 0. The van der Waals surface area contributed by atoms with Crippen molar-refractivity contribution in [1.29, 1.82) is 0 Å². The molecule has 3 atom stereocenters. The number of rotatable bonds is 6. The van der Waals surface area contributed by atoms with Crippen molar-refractivity contribution >= 4 is 0 Å². The van der Waals surface area contributed by atoms with E-state index in [1.54, 1.807) is 0 Å². The molecule has 2 heteroatoms. The Labute approximate surface area is 120 Å². The summed E-state index contributed by atoms with van der Waals surface area (Å²) in [5.74, 6) is 2.08. The second kappa shape index (κ2) is 7.08. The fourth-order valence-corrected chi connectivity index (χ4v) is 4.08. The zero-order valence-corrected chi connectivity index (χ0v) is 13.4. The van der Waals surface area contributed by atoms with Crippen molar-refractivity contribution in [3.8, 4) is 0 Å². The molecule has 2 fully saturated rings. The van der Waals surface area contributed by atoms with Gasteiger partial charge in [-0.15, -0.1) is 0 Å². The number of fused-ring (bicyclic) bond motifs is 1. The van der Waals surface area contributed by atoms with Gasteiger partial charge in [0.25, 0.3) is 0 Å². The molecule has 2 nitrogen and oxygen atoms in total. The van der Waals surface area contributed by atoms with Crippen LogP contribution in [-0.2, 0) is 0 Å². The Bertz CT molecular complexity index is 266. The maximum atomic E-state index is 3.56. The van der Waals surface area contributed by atoms with Crippen LogP contribution < -0.4 is 5.32 Å². The second-order valence-corrected chi connectivity index (χ2v) is 7.27. The molecule has 0 spiro atoms. The number of nitrogens with zero attached hydrogens (tertiary/aromatic N) is 1. The average Bonchev–Trinajstić information content (AvgIpc) is 2.45. The molecule has 19 heavy (non-hydrogen) atoms. The van der Waals surface area contributed by atoms with E-state index in [2.05, 4.69) is 31.0 Å². The molecule has 3 unspecified atom stereocenters. The van der Waals surface area contributed by atoms with Crippen LogP contribution in [-0.4, -0.2) is 37.6 Å². The molecule has 0 amide bonds. The van der Waals surface area contributed by atoms with Gasteiger partial charge in [0.1, 0.15) is 0 Å². The average molecular weight is 266 g/mol. The van der Waals surface area contributed by atoms with Gasteiger partial charge < -0.3 is 10.2 Å². The lowest BCUT2D eigenvalue weighted by Gasteiger charge is -2.44. The van der Waals surface area contributed by atoms with Gasteiger partial charge in [0.2, 0.25) is 0 Å². The molecule has 0 aromatic heterocycles. The van der Waals surface area contributed by atoms with Crippen LogP contribution >= 0.6 is 0 Å². The fraction of sp³-hybridized carbons (Fsp3) is 1.00. The van der Waals surface area contributed by atoms with Crippen molar-refractivity contribution in [2.75, 3.05) is 32.7 Å². The monoisotopic (exact) mass is 266 g/mol. The van der Waals surface area contributed by atoms with Crippen molar-refractivity contribution in [1.82, 2.24) is 10.2 Å². The lowest BCUT2D eigenvalue weighted by atomic mass is 9.74. The molecule has 0 aromatic carbocycles. The van der Waals surface area contributed by atoms with Gasteiger partial charge >= 0.3 is 0 Å². The Morgan fingerprint density at radius 3 is 2.53 bits per heavy atom. The lowest BCUT2D eigenvalue weighted by molar-refractivity contribution is 0.0547. The second-order valence-electron chi connectivity index (χ2n) is 7.27. The highest BCUT2D eigenvalue weighted by Gasteiger charge is 2.33. The minimum atomic E-state index is 0.456. The van der Waals surface area contributed by atoms with Gasteiger partial charge in [-0.05, 0) is 49.6 Å². The highest BCUT2D eigenvalue weighted by Crippen LogP contribution is 2.37. The Hall–Kier alpha value is -0.0800. The molecule has 1 saturated carbocycles. The first-order chi connectivity index (χ1) is 9.17. The summed E-state index contributed by atoms with van der Waals surface area (Å²) >= 11 is 0. The summed E-state index contributed by atoms with van der Waals surface area (Å²) in [4.78, 5) is 2.77. The Balaban J connectivity index is 1.84. The van der Waals surface area contributed by atoms with E-state index in [4.69, 9.17) is 0 Å². The predicted octanol–water partition coefficient (Wildman–Crippen LogP) is 3.52. The van der Waals surface area contributed by atoms with E-state index in [1.165, 1.54) is 64.7 Å². The van der Waals surface area contributed by atoms with Gasteiger partial charge in [-0.1, -0.05) is 40.0 Å². The van der Waals surface area contributed by atoms with E-state index in [1.807, 2.05) is 0 Å². The number of nitrogens with one attached hydrogen (secondary N) is 1. The van der Waals surface area contributed by atoms with E-state index in [0.717, 1.165) is 18.4 Å². The maximum absolute atomic E-state index is 3.56. The summed E-state index contributed by atoms with van der Waals surface area (Å²) in [6, 6.07) is 0. The first-order valence-corrected chi connectivity index (χ1v) is 8.60. The van der Waals surface area contributed by atoms with Gasteiger partial charge in [-0.2, -0.15) is 0 Å². The van der Waals surface area contributed by atoms with Crippen molar-refractivity contribution in [3.05, 3.63) is 0 Å². The number of hydrogen-bond acceptors (Lipinski definition) is 2. The summed E-state index contributed by atoms with van der Waals surface area (Å²) in [6.07, 6.45) is 8.74. The van der Waals surface area contributed by atoms with Gasteiger partial charge in [-0.3, -0.25) is 0 Å². The van der Waals surface area contributed by atoms with E-state index >= 15 is 0 Å². The van der Waals surface area contributed by atoms with Crippen LogP contribution in [0.2, 0.25) is 0 Å². The molecule has 0 bridgehead atoms. The standard InChI is InChI=1S/C17H34N2/c1-4-17(3,13-18-5-2)14-19-11-10-15-8-6-7-9-16(15)12-19/h15-16,18H,4-14H2,1-3H3. The van der Waals surface area contributed by atoms with Crippen LogP contribution in [0.4, 0.5) is 0 Å². The quantitative estimate of drug-likeness (QED) is 0.791. The molecule has 1 aliphatic heterocycles. The van der Waals surface area contributed by atoms with E-state index in [0.29, 0.717) is 5.41 Å². The van der Waals surface area contributed by atoms with Crippen molar-refractivity contribution in [2.24, 2.45) is 17.3 Å². The van der Waals surface area contributed by atoms with E-state index in [9.17, 15) is 0 Å². The third-order valence-electron chi connectivity index (χ3n) is 5.64. The zero-order chi connectivity index (χ0) is 13.7. The van der Waals surface area contributed by atoms with Crippen LogP contribution in [0.25, 0.3) is 0 Å². The highest BCUT2D eigenvalue weighted by molar-refractivity contribution is 4.87. The topological polar surface area (TPSA) is 15.3 Å². The van der Waals surface area contributed by atoms with Crippen molar-refractivity contribution in [3.63, 3.8) is 0 Å². The predicted molar refractivity (Wildman–Crippen MR) is 83.4 cm³/mol. The maximum Gasteiger partial charge on any atom is 0.00475 e. The molecular formula is C17H34N2. The Morgan fingerprint density at radius 1 is 1.11 bits per heavy atom. The Morgan fingerprint density at radius 2 is 1.84 bits per heavy atom. The normalized spacial score (nSPS) is 31.7. The van der Waals surface area contributed by atoms with E-state index < -0.39 is 0 Å². The molecule has 2 rings (SSSR count). The molecule has 1 N–H and O–H groups in total. The molecule has 2 aliphatic rings. The van der Waals surface area contributed by atoms with Crippen LogP contribution in [0.5, 0.6) is 0 Å². The SMILES string of the molecule is CCNCC(C)(CC)CN1CCC2CCCCC2C1. The molecule has 0 radical (unpaired) electrons. The Kier molecular flexibility index (Phi) is 5.70. The van der Waals surface area contributed by atoms with Crippen molar-refractivity contribution < 1.29 is 0 Å². The minimum absolute atomic E-state index is 0.456. The zero-order valence-electron chi connectivity index (χ0n) is 13.4. The number of piperidine rings is 1.